The summed E-state index contributed by atoms with van der Waals surface area (Å²) in [4.78, 5) is 22.2. The van der Waals surface area contributed by atoms with Crippen molar-refractivity contribution < 1.29 is 14.5 Å². The topological polar surface area (TPSA) is 106 Å². The van der Waals surface area contributed by atoms with E-state index in [0.717, 1.165) is 11.1 Å². The summed E-state index contributed by atoms with van der Waals surface area (Å²) in [5.74, 6) is 0.255. The van der Waals surface area contributed by atoms with Crippen molar-refractivity contribution in [3.63, 3.8) is 0 Å². The van der Waals surface area contributed by atoms with Crippen molar-refractivity contribution in [2.75, 3.05) is 11.9 Å². The molecular weight excluding hydrogens is 455 g/mol. The molecule has 3 aromatic rings. The molecule has 1 amide bonds. The van der Waals surface area contributed by atoms with Crippen LogP contribution in [0.2, 0.25) is 10.0 Å². The molecule has 0 aliphatic carbocycles. The number of halogens is 2. The third kappa shape index (κ3) is 6.97. The van der Waals surface area contributed by atoms with Crippen LogP contribution in [0.4, 0.5) is 11.4 Å². The summed E-state index contributed by atoms with van der Waals surface area (Å²) in [6.07, 6.45) is 1.49. The molecule has 8 nitrogen and oxygen atoms in total. The van der Waals surface area contributed by atoms with Crippen LogP contribution in [0.25, 0.3) is 0 Å². The van der Waals surface area contributed by atoms with Crippen molar-refractivity contribution in [3.8, 4) is 5.75 Å². The molecule has 0 aromatic heterocycles. The second-order valence-corrected chi connectivity index (χ2v) is 7.39. The molecule has 2 N–H and O–H groups in total. The SMILES string of the molecule is O=C(CNc1cccc([N+](=O)[O-])c1)N/N=C\c1ccc(OCc2ccc(Cl)cc2Cl)cc1. The standard InChI is InChI=1S/C22H18Cl2N4O4/c23-17-7-6-16(21(24)10-17)14-32-20-8-4-15(5-9-20)12-26-27-22(29)13-25-18-2-1-3-19(11-18)28(30)31/h1-12,25H,13-14H2,(H,27,29)/b26-12-. The van der Waals surface area contributed by atoms with Crippen molar-refractivity contribution >= 4 is 46.7 Å². The third-order valence-electron chi connectivity index (χ3n) is 4.20. The smallest absolute Gasteiger partial charge is 0.271 e. The fraction of sp³-hybridized carbons (Fsp3) is 0.0909. The lowest BCUT2D eigenvalue weighted by atomic mass is 10.2. The van der Waals surface area contributed by atoms with E-state index in [9.17, 15) is 14.9 Å². The molecule has 0 aliphatic rings. The molecular formula is C22H18Cl2N4O4. The van der Waals surface area contributed by atoms with Crippen LogP contribution in [0.5, 0.6) is 5.75 Å². The van der Waals surface area contributed by atoms with Crippen molar-refractivity contribution in [2.45, 2.75) is 6.61 Å². The molecule has 0 aliphatic heterocycles. The van der Waals surface area contributed by atoms with Gasteiger partial charge in [0, 0.05) is 33.4 Å². The van der Waals surface area contributed by atoms with E-state index in [1.807, 2.05) is 6.07 Å². The van der Waals surface area contributed by atoms with E-state index < -0.39 is 10.8 Å². The lowest BCUT2D eigenvalue weighted by Gasteiger charge is -2.08. The maximum absolute atomic E-state index is 11.9. The van der Waals surface area contributed by atoms with Gasteiger partial charge in [0.2, 0.25) is 0 Å². The summed E-state index contributed by atoms with van der Waals surface area (Å²) in [6.45, 7) is 0.218. The average molecular weight is 473 g/mol. The molecule has 0 radical (unpaired) electrons. The lowest BCUT2D eigenvalue weighted by molar-refractivity contribution is -0.384. The summed E-state index contributed by atoms with van der Waals surface area (Å²) in [5.41, 5.74) is 4.38. The number of nitro groups is 1. The van der Waals surface area contributed by atoms with Gasteiger partial charge >= 0.3 is 0 Å². The zero-order chi connectivity index (χ0) is 22.9. The Bertz CT molecular complexity index is 1140. The van der Waals surface area contributed by atoms with Gasteiger partial charge in [-0.1, -0.05) is 35.3 Å². The summed E-state index contributed by atoms with van der Waals surface area (Å²) in [7, 11) is 0. The molecule has 0 atom stereocenters. The molecule has 10 heteroatoms. The number of hydrogen-bond acceptors (Lipinski definition) is 6. The summed E-state index contributed by atoms with van der Waals surface area (Å²) in [6, 6.07) is 18.2. The molecule has 0 spiro atoms. The van der Waals surface area contributed by atoms with Crippen LogP contribution in [0.1, 0.15) is 11.1 Å². The van der Waals surface area contributed by atoms with Gasteiger partial charge in [-0.15, -0.1) is 0 Å². The summed E-state index contributed by atoms with van der Waals surface area (Å²) < 4.78 is 5.72. The van der Waals surface area contributed by atoms with Crippen molar-refractivity contribution in [1.82, 2.24) is 5.43 Å². The predicted octanol–water partition coefficient (Wildman–Crippen LogP) is 5.04. The van der Waals surface area contributed by atoms with Crippen LogP contribution >= 0.6 is 23.2 Å². The van der Waals surface area contributed by atoms with Crippen LogP contribution in [0.3, 0.4) is 0 Å². The summed E-state index contributed by atoms with van der Waals surface area (Å²) >= 11 is 12.0. The monoisotopic (exact) mass is 472 g/mol. The van der Waals surface area contributed by atoms with Gasteiger partial charge in [-0.2, -0.15) is 5.10 Å². The first-order valence-electron chi connectivity index (χ1n) is 9.38. The minimum atomic E-state index is -0.501. The van der Waals surface area contributed by atoms with E-state index in [-0.39, 0.29) is 12.2 Å². The van der Waals surface area contributed by atoms with Crippen molar-refractivity contribution in [3.05, 3.63) is 98.0 Å². The normalized spacial score (nSPS) is 10.7. The number of carbonyl (C=O) groups is 1. The molecule has 0 fully saturated rings. The number of nitrogens with zero attached hydrogens (tertiary/aromatic N) is 2. The van der Waals surface area contributed by atoms with Crippen molar-refractivity contribution in [1.29, 1.82) is 0 Å². The summed E-state index contributed by atoms with van der Waals surface area (Å²) in [5, 5.41) is 18.6. The number of rotatable bonds is 9. The quantitative estimate of drug-likeness (QED) is 0.257. The molecule has 3 rings (SSSR count). The van der Waals surface area contributed by atoms with Crippen LogP contribution < -0.4 is 15.5 Å². The Balaban J connectivity index is 1.44. The number of hydrazone groups is 1. The Hall–Kier alpha value is -3.62. The second-order valence-electron chi connectivity index (χ2n) is 6.55. The maximum atomic E-state index is 11.9. The van der Waals surface area contributed by atoms with Gasteiger partial charge in [0.15, 0.2) is 0 Å². The van der Waals surface area contributed by atoms with E-state index in [4.69, 9.17) is 27.9 Å². The van der Waals surface area contributed by atoms with Gasteiger partial charge in [-0.25, -0.2) is 5.43 Å². The molecule has 32 heavy (non-hydrogen) atoms. The van der Waals surface area contributed by atoms with Crippen LogP contribution in [0, 0.1) is 10.1 Å². The van der Waals surface area contributed by atoms with E-state index in [1.165, 1.54) is 24.4 Å². The first-order chi connectivity index (χ1) is 15.4. The predicted molar refractivity (Wildman–Crippen MR) is 125 cm³/mol. The van der Waals surface area contributed by atoms with Gasteiger partial charge in [0.1, 0.15) is 12.4 Å². The highest BCUT2D eigenvalue weighted by Crippen LogP contribution is 2.23. The molecule has 164 valence electrons. The minimum Gasteiger partial charge on any atom is -0.489 e. The zero-order valence-electron chi connectivity index (χ0n) is 16.6. The number of carbonyl (C=O) groups excluding carboxylic acids is 1. The molecule has 0 unspecified atom stereocenters. The van der Waals surface area contributed by atoms with Crippen LogP contribution in [0.15, 0.2) is 71.8 Å². The van der Waals surface area contributed by atoms with Gasteiger partial charge in [-0.05, 0) is 48.0 Å². The Labute approximate surface area is 194 Å². The van der Waals surface area contributed by atoms with Crippen molar-refractivity contribution in [2.24, 2.45) is 5.10 Å². The second kappa shape index (κ2) is 11.1. The largest absolute Gasteiger partial charge is 0.489 e. The Morgan fingerprint density at radius 2 is 1.88 bits per heavy atom. The first-order valence-corrected chi connectivity index (χ1v) is 10.1. The number of amides is 1. The molecule has 3 aromatic carbocycles. The van der Waals surface area contributed by atoms with Gasteiger partial charge in [0.05, 0.1) is 17.7 Å². The first kappa shape index (κ1) is 23.1. The van der Waals surface area contributed by atoms with E-state index in [2.05, 4.69) is 15.8 Å². The van der Waals surface area contributed by atoms with Gasteiger partial charge in [0.25, 0.3) is 11.6 Å². The fourth-order valence-electron chi connectivity index (χ4n) is 2.58. The fourth-order valence-corrected chi connectivity index (χ4v) is 3.04. The number of nitrogens with one attached hydrogen (secondary N) is 2. The third-order valence-corrected chi connectivity index (χ3v) is 4.79. The highest BCUT2D eigenvalue weighted by molar-refractivity contribution is 6.35. The van der Waals surface area contributed by atoms with Gasteiger partial charge in [-0.3, -0.25) is 14.9 Å². The van der Waals surface area contributed by atoms with Crippen LogP contribution in [-0.2, 0) is 11.4 Å². The molecule has 0 saturated heterocycles. The highest BCUT2D eigenvalue weighted by Gasteiger charge is 2.06. The Morgan fingerprint density at radius 1 is 1.09 bits per heavy atom. The van der Waals surface area contributed by atoms with E-state index in [0.29, 0.717) is 28.1 Å². The van der Waals surface area contributed by atoms with E-state index >= 15 is 0 Å². The lowest BCUT2D eigenvalue weighted by Crippen LogP contribution is -2.25. The number of anilines is 1. The molecule has 0 heterocycles. The van der Waals surface area contributed by atoms with Gasteiger partial charge < -0.3 is 10.1 Å². The number of non-ortho nitro benzene ring substituents is 1. The average Bonchev–Trinajstić information content (AvgIpc) is 2.78. The Morgan fingerprint density at radius 3 is 2.59 bits per heavy atom. The molecule has 0 saturated carbocycles. The number of nitro benzene ring substituents is 1. The van der Waals surface area contributed by atoms with Crippen LogP contribution in [-0.4, -0.2) is 23.6 Å². The zero-order valence-corrected chi connectivity index (χ0v) is 18.1. The maximum Gasteiger partial charge on any atom is 0.271 e. The Kier molecular flexibility index (Phi) is 8.02. The highest BCUT2D eigenvalue weighted by atomic mass is 35.5. The van der Waals surface area contributed by atoms with E-state index in [1.54, 1.807) is 42.5 Å². The minimum absolute atomic E-state index is 0.0582. The molecule has 0 bridgehead atoms. The number of ether oxygens (including phenoxy) is 1. The number of benzene rings is 3. The number of hydrogen-bond donors (Lipinski definition) is 2.